The van der Waals surface area contributed by atoms with Crippen molar-refractivity contribution in [2.24, 2.45) is 5.41 Å². The van der Waals surface area contributed by atoms with Crippen molar-refractivity contribution in [1.29, 1.82) is 0 Å². The number of nitrogens with one attached hydrogen (secondary N) is 1. The first-order valence-corrected chi connectivity index (χ1v) is 9.25. The standard InChI is InChI=1S/C18H22N2O4S/c1-13-8-10-14(11-9-13)16(18(2,3)17(21)24-4)20-25(22,23)15-7-5-6-12-19-15/h5-12,16,20H,1-4H3/t16-/m1/s1. The summed E-state index contributed by atoms with van der Waals surface area (Å²) in [6.45, 7) is 5.22. The van der Waals surface area contributed by atoms with Crippen molar-refractivity contribution >= 4 is 16.0 Å². The molecular formula is C18H22N2O4S. The van der Waals surface area contributed by atoms with Crippen molar-refractivity contribution in [3.8, 4) is 0 Å². The Bertz CT molecular complexity index is 831. The highest BCUT2D eigenvalue weighted by Gasteiger charge is 2.41. The summed E-state index contributed by atoms with van der Waals surface area (Å²) in [5.41, 5.74) is 0.581. The number of pyridine rings is 1. The monoisotopic (exact) mass is 362 g/mol. The average molecular weight is 362 g/mol. The molecule has 0 aliphatic rings. The number of benzene rings is 1. The number of carbonyl (C=O) groups is 1. The van der Waals surface area contributed by atoms with Gasteiger partial charge in [0.15, 0.2) is 5.03 Å². The topological polar surface area (TPSA) is 85.4 Å². The third kappa shape index (κ3) is 4.24. The molecule has 1 aromatic heterocycles. The summed E-state index contributed by atoms with van der Waals surface area (Å²) in [4.78, 5) is 16.2. The number of hydrogen-bond donors (Lipinski definition) is 1. The number of aryl methyl sites for hydroxylation is 1. The fraction of sp³-hybridized carbons (Fsp3) is 0.333. The van der Waals surface area contributed by atoms with Crippen molar-refractivity contribution in [2.45, 2.75) is 31.8 Å². The SMILES string of the molecule is COC(=O)C(C)(C)[C@H](NS(=O)(=O)c1ccccn1)c1ccc(C)cc1. The molecule has 1 N–H and O–H groups in total. The molecule has 0 aliphatic heterocycles. The number of carbonyl (C=O) groups excluding carboxylic acids is 1. The first-order chi connectivity index (χ1) is 11.7. The normalized spacial score (nSPS) is 13.3. The van der Waals surface area contributed by atoms with E-state index < -0.39 is 27.4 Å². The van der Waals surface area contributed by atoms with Crippen LogP contribution in [0.5, 0.6) is 0 Å². The molecule has 0 amide bonds. The van der Waals surface area contributed by atoms with Crippen LogP contribution in [0.3, 0.4) is 0 Å². The minimum atomic E-state index is -3.91. The molecule has 0 spiro atoms. The minimum absolute atomic E-state index is 0.104. The smallest absolute Gasteiger partial charge is 0.313 e. The molecular weight excluding hydrogens is 340 g/mol. The lowest BCUT2D eigenvalue weighted by atomic mass is 9.81. The van der Waals surface area contributed by atoms with Gasteiger partial charge in [-0.15, -0.1) is 0 Å². The van der Waals surface area contributed by atoms with Gasteiger partial charge in [0.1, 0.15) is 0 Å². The largest absolute Gasteiger partial charge is 0.469 e. The molecule has 0 saturated carbocycles. The first-order valence-electron chi connectivity index (χ1n) is 7.77. The van der Waals surface area contributed by atoms with E-state index >= 15 is 0 Å². The summed E-state index contributed by atoms with van der Waals surface area (Å²) >= 11 is 0. The Morgan fingerprint density at radius 3 is 2.32 bits per heavy atom. The Balaban J connectivity index is 2.49. The maximum absolute atomic E-state index is 12.7. The molecule has 134 valence electrons. The van der Waals surface area contributed by atoms with Gasteiger partial charge in [-0.05, 0) is 38.5 Å². The molecule has 2 rings (SSSR count). The fourth-order valence-electron chi connectivity index (χ4n) is 2.49. The van der Waals surface area contributed by atoms with E-state index in [0.717, 1.165) is 5.56 Å². The van der Waals surface area contributed by atoms with Crippen LogP contribution in [-0.2, 0) is 19.6 Å². The predicted octanol–water partition coefficient (Wildman–Crippen LogP) is 2.61. The summed E-state index contributed by atoms with van der Waals surface area (Å²) in [5, 5.41) is -0.104. The zero-order chi connectivity index (χ0) is 18.7. The Morgan fingerprint density at radius 2 is 1.80 bits per heavy atom. The van der Waals surface area contributed by atoms with Gasteiger partial charge in [0.25, 0.3) is 10.0 Å². The van der Waals surface area contributed by atoms with Gasteiger partial charge in [-0.3, -0.25) is 4.79 Å². The molecule has 25 heavy (non-hydrogen) atoms. The second-order valence-electron chi connectivity index (χ2n) is 6.35. The number of rotatable bonds is 6. The zero-order valence-electron chi connectivity index (χ0n) is 14.7. The summed E-state index contributed by atoms with van der Waals surface area (Å²) < 4.78 is 32.9. The molecule has 6 nitrogen and oxygen atoms in total. The molecule has 0 unspecified atom stereocenters. The minimum Gasteiger partial charge on any atom is -0.469 e. The maximum Gasteiger partial charge on any atom is 0.313 e. The van der Waals surface area contributed by atoms with Gasteiger partial charge < -0.3 is 4.74 Å². The third-order valence-electron chi connectivity index (χ3n) is 4.03. The van der Waals surface area contributed by atoms with Crippen LogP contribution in [0.15, 0.2) is 53.7 Å². The molecule has 2 aromatic rings. The number of methoxy groups -OCH3 is 1. The van der Waals surface area contributed by atoms with Gasteiger partial charge in [0.2, 0.25) is 0 Å². The molecule has 0 radical (unpaired) electrons. The van der Waals surface area contributed by atoms with Crippen molar-refractivity contribution < 1.29 is 17.9 Å². The molecule has 1 heterocycles. The van der Waals surface area contributed by atoms with Gasteiger partial charge in [-0.25, -0.2) is 18.1 Å². The number of esters is 1. The Labute approximate surface area is 148 Å². The average Bonchev–Trinajstić information content (AvgIpc) is 2.60. The van der Waals surface area contributed by atoms with Crippen LogP contribution >= 0.6 is 0 Å². The molecule has 0 saturated heterocycles. The molecule has 7 heteroatoms. The number of nitrogens with zero attached hydrogens (tertiary/aromatic N) is 1. The highest BCUT2D eigenvalue weighted by atomic mass is 32.2. The van der Waals surface area contributed by atoms with Crippen molar-refractivity contribution in [2.75, 3.05) is 7.11 Å². The fourth-order valence-corrected chi connectivity index (χ4v) is 3.81. The number of sulfonamides is 1. The lowest BCUT2D eigenvalue weighted by Crippen LogP contribution is -2.43. The van der Waals surface area contributed by atoms with E-state index in [1.165, 1.54) is 19.4 Å². The van der Waals surface area contributed by atoms with Crippen molar-refractivity contribution in [3.05, 3.63) is 59.8 Å². The van der Waals surface area contributed by atoms with E-state index in [-0.39, 0.29) is 5.03 Å². The lowest BCUT2D eigenvalue weighted by molar-refractivity contribution is -0.152. The third-order valence-corrected chi connectivity index (χ3v) is 5.37. The van der Waals surface area contributed by atoms with Gasteiger partial charge in [0, 0.05) is 6.20 Å². The highest BCUT2D eigenvalue weighted by molar-refractivity contribution is 7.89. The van der Waals surface area contributed by atoms with E-state index in [0.29, 0.717) is 5.56 Å². The summed E-state index contributed by atoms with van der Waals surface area (Å²) in [6, 6.07) is 11.1. The zero-order valence-corrected chi connectivity index (χ0v) is 15.5. The summed E-state index contributed by atoms with van der Waals surface area (Å²) in [5.74, 6) is -0.512. The van der Waals surface area contributed by atoms with Crippen LogP contribution in [0.4, 0.5) is 0 Å². The molecule has 0 aliphatic carbocycles. The van der Waals surface area contributed by atoms with Gasteiger partial charge in [-0.1, -0.05) is 35.9 Å². The molecule has 1 atom stereocenters. The quantitative estimate of drug-likeness (QED) is 0.799. The Kier molecular flexibility index (Phi) is 5.59. The van der Waals surface area contributed by atoms with Crippen LogP contribution in [0.25, 0.3) is 0 Å². The van der Waals surface area contributed by atoms with Crippen molar-refractivity contribution in [1.82, 2.24) is 9.71 Å². The van der Waals surface area contributed by atoms with E-state index in [1.807, 2.05) is 19.1 Å². The van der Waals surface area contributed by atoms with Crippen LogP contribution in [0.2, 0.25) is 0 Å². The summed E-state index contributed by atoms with van der Waals surface area (Å²) in [7, 11) is -2.63. The first kappa shape index (κ1) is 19.1. The summed E-state index contributed by atoms with van der Waals surface area (Å²) in [6.07, 6.45) is 1.40. The molecule has 1 aromatic carbocycles. The van der Waals surface area contributed by atoms with Crippen LogP contribution < -0.4 is 4.72 Å². The van der Waals surface area contributed by atoms with Crippen LogP contribution in [0.1, 0.15) is 31.0 Å². The number of aromatic nitrogens is 1. The number of ether oxygens (including phenoxy) is 1. The van der Waals surface area contributed by atoms with Crippen LogP contribution in [0, 0.1) is 12.3 Å². The van der Waals surface area contributed by atoms with Gasteiger partial charge >= 0.3 is 5.97 Å². The predicted molar refractivity (Wildman–Crippen MR) is 94.3 cm³/mol. The van der Waals surface area contributed by atoms with Crippen molar-refractivity contribution in [3.63, 3.8) is 0 Å². The van der Waals surface area contributed by atoms with E-state index in [4.69, 9.17) is 4.74 Å². The van der Waals surface area contributed by atoms with Gasteiger partial charge in [0.05, 0.1) is 18.6 Å². The van der Waals surface area contributed by atoms with Crippen LogP contribution in [-0.4, -0.2) is 26.5 Å². The second kappa shape index (κ2) is 7.33. The number of hydrogen-bond acceptors (Lipinski definition) is 5. The second-order valence-corrected chi connectivity index (χ2v) is 8.01. The van der Waals surface area contributed by atoms with E-state index in [2.05, 4.69) is 9.71 Å². The molecule has 0 fully saturated rings. The molecule has 0 bridgehead atoms. The van der Waals surface area contributed by atoms with E-state index in [1.54, 1.807) is 38.1 Å². The van der Waals surface area contributed by atoms with Gasteiger partial charge in [-0.2, -0.15) is 0 Å². The van der Waals surface area contributed by atoms with E-state index in [9.17, 15) is 13.2 Å². The highest BCUT2D eigenvalue weighted by Crippen LogP contribution is 2.36. The Hall–Kier alpha value is -2.25. The lowest BCUT2D eigenvalue weighted by Gasteiger charge is -2.32. The Morgan fingerprint density at radius 1 is 1.16 bits per heavy atom. The maximum atomic E-state index is 12.7.